The second-order valence-corrected chi connectivity index (χ2v) is 4.79. The van der Waals surface area contributed by atoms with Gasteiger partial charge in [0.25, 0.3) is 0 Å². The van der Waals surface area contributed by atoms with Crippen LogP contribution in [0, 0.1) is 0 Å². The minimum atomic E-state index is -0.967. The molecule has 1 saturated heterocycles. The van der Waals surface area contributed by atoms with Gasteiger partial charge in [0.15, 0.2) is 0 Å². The third kappa shape index (κ3) is 3.46. The van der Waals surface area contributed by atoms with E-state index >= 15 is 0 Å². The number of nitrogens with zero attached hydrogens (tertiary/aromatic N) is 3. The summed E-state index contributed by atoms with van der Waals surface area (Å²) in [6.45, 7) is 2.58. The third-order valence-electron chi connectivity index (χ3n) is 3.25. The van der Waals surface area contributed by atoms with E-state index in [0.29, 0.717) is 5.69 Å². The molecule has 0 radical (unpaired) electrons. The van der Waals surface area contributed by atoms with Crippen LogP contribution >= 0.6 is 0 Å². The van der Waals surface area contributed by atoms with Gasteiger partial charge in [-0.15, -0.1) is 0 Å². The molecule has 1 unspecified atom stereocenters. The Morgan fingerprint density at radius 3 is 3.00 bits per heavy atom. The van der Waals surface area contributed by atoms with Gasteiger partial charge >= 0.3 is 12.0 Å². The van der Waals surface area contributed by atoms with Crippen LogP contribution in [0.3, 0.4) is 0 Å². The predicted molar refractivity (Wildman–Crippen MR) is 68.9 cm³/mol. The number of carbonyl (C=O) groups excluding carboxylic acids is 1. The van der Waals surface area contributed by atoms with Crippen molar-refractivity contribution < 1.29 is 14.7 Å². The molecule has 1 aliphatic heterocycles. The lowest BCUT2D eigenvalue weighted by atomic mass is 10.0. The van der Waals surface area contributed by atoms with Crippen molar-refractivity contribution in [2.24, 2.45) is 0 Å². The van der Waals surface area contributed by atoms with Crippen LogP contribution in [0.5, 0.6) is 0 Å². The molecule has 0 bridgehead atoms. The molecule has 7 heteroatoms. The van der Waals surface area contributed by atoms with Gasteiger partial charge in [-0.05, 0) is 26.2 Å². The van der Waals surface area contributed by atoms with Gasteiger partial charge in [-0.2, -0.15) is 5.10 Å². The Morgan fingerprint density at radius 2 is 2.32 bits per heavy atom. The Morgan fingerprint density at radius 1 is 1.53 bits per heavy atom. The van der Waals surface area contributed by atoms with Crippen molar-refractivity contribution in [2.45, 2.75) is 38.8 Å². The van der Waals surface area contributed by atoms with Gasteiger partial charge in [0.2, 0.25) is 0 Å². The van der Waals surface area contributed by atoms with Gasteiger partial charge in [-0.3, -0.25) is 9.48 Å². The molecule has 2 amide bonds. The summed E-state index contributed by atoms with van der Waals surface area (Å²) in [7, 11) is 0. The number of carboxylic acid groups (broad SMARTS) is 1. The van der Waals surface area contributed by atoms with Crippen LogP contribution in [-0.4, -0.2) is 44.4 Å². The number of hydrogen-bond donors (Lipinski definition) is 2. The number of urea groups is 1. The highest BCUT2D eigenvalue weighted by Crippen LogP contribution is 2.17. The van der Waals surface area contributed by atoms with Gasteiger partial charge < -0.3 is 15.3 Å². The Bertz CT molecular complexity index is 471. The average Bonchev–Trinajstić information content (AvgIpc) is 2.76. The molecule has 104 valence electrons. The first-order valence-corrected chi connectivity index (χ1v) is 6.38. The second kappa shape index (κ2) is 5.73. The minimum absolute atomic E-state index is 0.151. The Balaban J connectivity index is 1.94. The summed E-state index contributed by atoms with van der Waals surface area (Å²) >= 11 is 0. The number of carbonyl (C=O) groups is 2. The number of anilines is 1. The van der Waals surface area contributed by atoms with E-state index in [0.717, 1.165) is 25.8 Å². The summed E-state index contributed by atoms with van der Waals surface area (Å²) in [4.78, 5) is 24.4. The molecule has 2 N–H and O–H groups in total. The molecular weight excluding hydrogens is 248 g/mol. The molecular formula is C12H18N4O3. The SMILES string of the molecule is CC1CCCCN1C(=O)Nc1cnn(CC(=O)O)c1. The number of carboxylic acids is 1. The van der Waals surface area contributed by atoms with E-state index in [9.17, 15) is 9.59 Å². The number of amides is 2. The lowest BCUT2D eigenvalue weighted by molar-refractivity contribution is -0.137. The fourth-order valence-corrected chi connectivity index (χ4v) is 2.25. The highest BCUT2D eigenvalue weighted by molar-refractivity contribution is 5.89. The molecule has 0 saturated carbocycles. The number of aliphatic carboxylic acids is 1. The number of likely N-dealkylation sites (tertiary alicyclic amines) is 1. The number of piperidine rings is 1. The summed E-state index contributed by atoms with van der Waals surface area (Å²) in [6.07, 6.45) is 6.17. The average molecular weight is 266 g/mol. The maximum absolute atomic E-state index is 12.1. The van der Waals surface area contributed by atoms with E-state index < -0.39 is 5.97 Å². The number of nitrogens with one attached hydrogen (secondary N) is 1. The van der Waals surface area contributed by atoms with Gasteiger partial charge in [-0.1, -0.05) is 0 Å². The first-order valence-electron chi connectivity index (χ1n) is 6.38. The smallest absolute Gasteiger partial charge is 0.325 e. The maximum atomic E-state index is 12.1. The summed E-state index contributed by atoms with van der Waals surface area (Å²) in [5.74, 6) is -0.967. The highest BCUT2D eigenvalue weighted by Gasteiger charge is 2.23. The summed E-state index contributed by atoms with van der Waals surface area (Å²) in [5.41, 5.74) is 0.518. The van der Waals surface area contributed by atoms with Crippen molar-refractivity contribution in [1.82, 2.24) is 14.7 Å². The zero-order valence-corrected chi connectivity index (χ0v) is 10.9. The summed E-state index contributed by atoms with van der Waals surface area (Å²) in [6, 6.07) is 0.0879. The van der Waals surface area contributed by atoms with Crippen LogP contribution in [0.25, 0.3) is 0 Å². The van der Waals surface area contributed by atoms with E-state index in [2.05, 4.69) is 10.4 Å². The van der Waals surface area contributed by atoms with Gasteiger partial charge in [-0.25, -0.2) is 4.79 Å². The fourth-order valence-electron chi connectivity index (χ4n) is 2.25. The highest BCUT2D eigenvalue weighted by atomic mass is 16.4. The lowest BCUT2D eigenvalue weighted by Crippen LogP contribution is -2.44. The molecule has 1 atom stereocenters. The van der Waals surface area contributed by atoms with Crippen molar-refractivity contribution in [3.8, 4) is 0 Å². The van der Waals surface area contributed by atoms with Gasteiger partial charge in [0.1, 0.15) is 6.54 Å². The topological polar surface area (TPSA) is 87.5 Å². The minimum Gasteiger partial charge on any atom is -0.480 e. The van der Waals surface area contributed by atoms with Crippen LogP contribution in [0.4, 0.5) is 10.5 Å². The van der Waals surface area contributed by atoms with Crippen molar-refractivity contribution in [1.29, 1.82) is 0 Å². The van der Waals surface area contributed by atoms with Crippen LogP contribution in [0.1, 0.15) is 26.2 Å². The van der Waals surface area contributed by atoms with Crippen LogP contribution in [-0.2, 0) is 11.3 Å². The Hall–Kier alpha value is -2.05. The fraction of sp³-hybridized carbons (Fsp3) is 0.583. The largest absolute Gasteiger partial charge is 0.480 e. The standard InChI is InChI=1S/C12H18N4O3/c1-9-4-2-3-5-16(9)12(19)14-10-6-13-15(7-10)8-11(17)18/h6-7,9H,2-5,8H2,1H3,(H,14,19)(H,17,18). The summed E-state index contributed by atoms with van der Waals surface area (Å²) in [5, 5.41) is 15.3. The molecule has 1 aromatic rings. The molecule has 1 aromatic heterocycles. The molecule has 1 aliphatic rings. The Labute approximate surface area is 111 Å². The van der Waals surface area contributed by atoms with Crippen LogP contribution in [0.2, 0.25) is 0 Å². The number of rotatable bonds is 3. The number of aromatic nitrogens is 2. The Kier molecular flexibility index (Phi) is 4.03. The lowest BCUT2D eigenvalue weighted by Gasteiger charge is -2.33. The zero-order chi connectivity index (χ0) is 13.8. The molecule has 1 fully saturated rings. The van der Waals surface area contributed by atoms with Gasteiger partial charge in [0, 0.05) is 18.8 Å². The predicted octanol–water partition coefficient (Wildman–Crippen LogP) is 1.37. The molecule has 19 heavy (non-hydrogen) atoms. The second-order valence-electron chi connectivity index (χ2n) is 4.79. The van der Waals surface area contributed by atoms with Crippen molar-refractivity contribution in [3.05, 3.63) is 12.4 Å². The van der Waals surface area contributed by atoms with Gasteiger partial charge in [0.05, 0.1) is 11.9 Å². The molecule has 2 heterocycles. The third-order valence-corrected chi connectivity index (χ3v) is 3.25. The van der Waals surface area contributed by atoms with E-state index in [-0.39, 0.29) is 18.6 Å². The number of hydrogen-bond acceptors (Lipinski definition) is 3. The van der Waals surface area contributed by atoms with Crippen LogP contribution in [0.15, 0.2) is 12.4 Å². The van der Waals surface area contributed by atoms with Crippen molar-refractivity contribution in [3.63, 3.8) is 0 Å². The van der Waals surface area contributed by atoms with E-state index in [1.807, 2.05) is 6.92 Å². The normalized spacial score (nSPS) is 19.2. The quantitative estimate of drug-likeness (QED) is 0.865. The molecule has 0 spiro atoms. The molecule has 0 aromatic carbocycles. The first-order chi connectivity index (χ1) is 9.06. The molecule has 2 rings (SSSR count). The van der Waals surface area contributed by atoms with Crippen LogP contribution < -0.4 is 5.32 Å². The monoisotopic (exact) mass is 266 g/mol. The maximum Gasteiger partial charge on any atom is 0.325 e. The van der Waals surface area contributed by atoms with E-state index in [4.69, 9.17) is 5.11 Å². The van der Waals surface area contributed by atoms with E-state index in [1.165, 1.54) is 17.1 Å². The van der Waals surface area contributed by atoms with Crippen molar-refractivity contribution in [2.75, 3.05) is 11.9 Å². The van der Waals surface area contributed by atoms with Crippen molar-refractivity contribution >= 4 is 17.7 Å². The summed E-state index contributed by atoms with van der Waals surface area (Å²) < 4.78 is 1.28. The molecule has 7 nitrogen and oxygen atoms in total. The molecule has 0 aliphatic carbocycles. The van der Waals surface area contributed by atoms with E-state index in [1.54, 1.807) is 4.90 Å². The first kappa shape index (κ1) is 13.4. The zero-order valence-electron chi connectivity index (χ0n) is 10.9.